The third-order valence-corrected chi connectivity index (χ3v) is 4.14. The van der Waals surface area contributed by atoms with Crippen molar-refractivity contribution in [2.24, 2.45) is 5.73 Å². The van der Waals surface area contributed by atoms with Gasteiger partial charge >= 0.3 is 0 Å². The van der Waals surface area contributed by atoms with Crippen LogP contribution in [0, 0.1) is 0 Å². The van der Waals surface area contributed by atoms with Gasteiger partial charge in [-0.15, -0.1) is 0 Å². The predicted molar refractivity (Wildman–Crippen MR) is 78.7 cm³/mol. The first-order valence-corrected chi connectivity index (χ1v) is 7.25. The zero-order chi connectivity index (χ0) is 13.2. The van der Waals surface area contributed by atoms with E-state index >= 15 is 0 Å². The Bertz CT molecular complexity index is 416. The molecule has 0 bridgehead atoms. The van der Waals surface area contributed by atoms with E-state index in [4.69, 9.17) is 5.73 Å². The predicted octanol–water partition coefficient (Wildman–Crippen LogP) is 2.65. The van der Waals surface area contributed by atoms with Crippen molar-refractivity contribution in [1.82, 2.24) is 0 Å². The van der Waals surface area contributed by atoms with Crippen LogP contribution in [0.3, 0.4) is 0 Å². The van der Waals surface area contributed by atoms with Gasteiger partial charge in [-0.25, -0.2) is 0 Å². The average molecular weight is 313 g/mol. The number of rotatable bonds is 4. The van der Waals surface area contributed by atoms with Crippen LogP contribution in [0.5, 0.6) is 0 Å². The fraction of sp³-hybridized carbons (Fsp3) is 0.571. The third-order valence-electron chi connectivity index (χ3n) is 3.68. The monoisotopic (exact) mass is 312 g/mol. The lowest BCUT2D eigenvalue weighted by Crippen LogP contribution is -2.39. The van der Waals surface area contributed by atoms with Crippen molar-refractivity contribution < 1.29 is 5.11 Å². The molecule has 0 amide bonds. The second kappa shape index (κ2) is 5.59. The number of benzene rings is 1. The van der Waals surface area contributed by atoms with E-state index in [0.29, 0.717) is 13.1 Å². The Morgan fingerprint density at radius 3 is 2.61 bits per heavy atom. The maximum atomic E-state index is 10.4. The highest BCUT2D eigenvalue weighted by molar-refractivity contribution is 9.10. The molecule has 3 nitrogen and oxygen atoms in total. The summed E-state index contributed by atoms with van der Waals surface area (Å²) in [6.45, 7) is 1.22. The van der Waals surface area contributed by atoms with E-state index < -0.39 is 5.60 Å². The van der Waals surface area contributed by atoms with Crippen molar-refractivity contribution in [1.29, 1.82) is 0 Å². The minimum Gasteiger partial charge on any atom is -0.388 e. The molecule has 0 aliphatic heterocycles. The maximum absolute atomic E-state index is 10.4. The van der Waals surface area contributed by atoms with Crippen molar-refractivity contribution in [3.63, 3.8) is 0 Å². The van der Waals surface area contributed by atoms with E-state index in [1.807, 2.05) is 13.1 Å². The molecule has 1 fully saturated rings. The summed E-state index contributed by atoms with van der Waals surface area (Å²) < 4.78 is 1.03. The average Bonchev–Trinajstić information content (AvgIpc) is 2.74. The summed E-state index contributed by atoms with van der Waals surface area (Å²) in [5, 5.41) is 10.4. The van der Waals surface area contributed by atoms with E-state index in [-0.39, 0.29) is 0 Å². The molecule has 1 aromatic rings. The van der Waals surface area contributed by atoms with E-state index in [2.05, 4.69) is 33.0 Å². The van der Waals surface area contributed by atoms with Crippen molar-refractivity contribution in [3.8, 4) is 0 Å². The van der Waals surface area contributed by atoms with Gasteiger partial charge in [-0.1, -0.05) is 28.8 Å². The molecular weight excluding hydrogens is 292 g/mol. The summed E-state index contributed by atoms with van der Waals surface area (Å²) in [5.41, 5.74) is 7.38. The molecule has 1 aliphatic rings. The molecule has 1 aromatic carbocycles. The molecule has 3 N–H and O–H groups in total. The van der Waals surface area contributed by atoms with Gasteiger partial charge in [0, 0.05) is 30.3 Å². The van der Waals surface area contributed by atoms with Crippen molar-refractivity contribution in [3.05, 3.63) is 28.2 Å². The van der Waals surface area contributed by atoms with Crippen LogP contribution in [0.1, 0.15) is 31.2 Å². The molecule has 0 aromatic heterocycles. The Labute approximate surface area is 117 Å². The lowest BCUT2D eigenvalue weighted by Gasteiger charge is -2.30. The van der Waals surface area contributed by atoms with Crippen LogP contribution in [-0.2, 0) is 6.54 Å². The Kier molecular flexibility index (Phi) is 4.30. The number of nitrogens with zero attached hydrogens (tertiary/aromatic N) is 1. The normalized spacial score (nSPS) is 18.0. The van der Waals surface area contributed by atoms with E-state index in [0.717, 1.165) is 41.4 Å². The molecule has 100 valence electrons. The van der Waals surface area contributed by atoms with Crippen LogP contribution in [0.25, 0.3) is 0 Å². The Morgan fingerprint density at radius 2 is 2.00 bits per heavy atom. The number of hydrogen-bond donors (Lipinski definition) is 2. The molecule has 0 heterocycles. The van der Waals surface area contributed by atoms with Crippen LogP contribution >= 0.6 is 15.9 Å². The smallest absolute Gasteiger partial charge is 0.0821 e. The van der Waals surface area contributed by atoms with Crippen molar-refractivity contribution >= 4 is 21.6 Å². The summed E-state index contributed by atoms with van der Waals surface area (Å²) in [6.07, 6.45) is 4.10. The number of halogens is 1. The SMILES string of the molecule is CN(CC1(O)CCCC1)c1cc(Br)cc(CN)c1. The lowest BCUT2D eigenvalue weighted by atomic mass is 10.0. The maximum Gasteiger partial charge on any atom is 0.0821 e. The fourth-order valence-corrected chi connectivity index (χ4v) is 3.22. The van der Waals surface area contributed by atoms with Gasteiger partial charge < -0.3 is 15.7 Å². The van der Waals surface area contributed by atoms with Crippen LogP contribution in [0.4, 0.5) is 5.69 Å². The minimum absolute atomic E-state index is 0.514. The minimum atomic E-state index is -0.514. The van der Waals surface area contributed by atoms with Gasteiger partial charge in [0.2, 0.25) is 0 Å². The molecule has 4 heteroatoms. The van der Waals surface area contributed by atoms with Gasteiger partial charge in [-0.2, -0.15) is 0 Å². The molecule has 18 heavy (non-hydrogen) atoms. The summed E-state index contributed by atoms with van der Waals surface area (Å²) in [5.74, 6) is 0. The second-order valence-corrected chi connectivity index (χ2v) is 6.22. The van der Waals surface area contributed by atoms with Crippen LogP contribution in [0.2, 0.25) is 0 Å². The molecule has 2 rings (SSSR count). The van der Waals surface area contributed by atoms with E-state index in [1.54, 1.807) is 0 Å². The third kappa shape index (κ3) is 3.25. The highest BCUT2D eigenvalue weighted by Crippen LogP contribution is 2.32. The van der Waals surface area contributed by atoms with Gasteiger partial charge in [-0.05, 0) is 36.6 Å². The summed E-state index contributed by atoms with van der Waals surface area (Å²) in [6, 6.07) is 6.18. The van der Waals surface area contributed by atoms with Crippen molar-refractivity contribution in [2.75, 3.05) is 18.5 Å². The van der Waals surface area contributed by atoms with E-state index in [9.17, 15) is 5.11 Å². The highest BCUT2D eigenvalue weighted by Gasteiger charge is 2.32. The lowest BCUT2D eigenvalue weighted by molar-refractivity contribution is 0.0559. The van der Waals surface area contributed by atoms with Gasteiger partial charge in [0.05, 0.1) is 5.60 Å². The van der Waals surface area contributed by atoms with Gasteiger partial charge in [0.1, 0.15) is 0 Å². The molecule has 1 aliphatic carbocycles. The molecule has 0 spiro atoms. The molecule has 0 atom stereocenters. The van der Waals surface area contributed by atoms with Crippen molar-refractivity contribution in [2.45, 2.75) is 37.8 Å². The van der Waals surface area contributed by atoms with Crippen LogP contribution < -0.4 is 10.6 Å². The second-order valence-electron chi connectivity index (χ2n) is 5.31. The largest absolute Gasteiger partial charge is 0.388 e. The number of aliphatic hydroxyl groups is 1. The van der Waals surface area contributed by atoms with Crippen LogP contribution in [-0.4, -0.2) is 24.3 Å². The Hall–Kier alpha value is -0.580. The number of hydrogen-bond acceptors (Lipinski definition) is 3. The standard InChI is InChI=1S/C14H21BrN2O/c1-17(10-14(18)4-2-3-5-14)13-7-11(9-16)6-12(15)8-13/h6-8,18H,2-5,9-10,16H2,1H3. The number of nitrogens with two attached hydrogens (primary N) is 1. The van der Waals surface area contributed by atoms with E-state index in [1.165, 1.54) is 0 Å². The fourth-order valence-electron chi connectivity index (χ4n) is 2.70. The molecular formula is C14H21BrN2O. The number of likely N-dealkylation sites (N-methyl/N-ethyl adjacent to an activating group) is 1. The molecule has 1 saturated carbocycles. The molecule has 0 radical (unpaired) electrons. The molecule has 0 saturated heterocycles. The topological polar surface area (TPSA) is 49.5 Å². The summed E-state index contributed by atoms with van der Waals surface area (Å²) >= 11 is 3.50. The number of anilines is 1. The summed E-state index contributed by atoms with van der Waals surface area (Å²) in [7, 11) is 2.03. The van der Waals surface area contributed by atoms with Gasteiger partial charge in [0.25, 0.3) is 0 Å². The quantitative estimate of drug-likeness (QED) is 0.898. The summed E-state index contributed by atoms with van der Waals surface area (Å²) in [4.78, 5) is 2.12. The van der Waals surface area contributed by atoms with Crippen LogP contribution in [0.15, 0.2) is 22.7 Å². The first-order chi connectivity index (χ1) is 8.52. The first kappa shape index (κ1) is 13.8. The molecule has 0 unspecified atom stereocenters. The van der Waals surface area contributed by atoms with Gasteiger partial charge in [0.15, 0.2) is 0 Å². The highest BCUT2D eigenvalue weighted by atomic mass is 79.9. The zero-order valence-electron chi connectivity index (χ0n) is 10.8. The van der Waals surface area contributed by atoms with Gasteiger partial charge in [-0.3, -0.25) is 0 Å². The first-order valence-electron chi connectivity index (χ1n) is 6.45. The Balaban J connectivity index is 2.12. The zero-order valence-corrected chi connectivity index (χ0v) is 12.4. The Morgan fingerprint density at radius 1 is 1.33 bits per heavy atom.